The normalized spacial score (nSPS) is 18.2. The second-order valence-corrected chi connectivity index (χ2v) is 6.67. The molecule has 1 amide bonds. The maximum atomic E-state index is 12.7. The van der Waals surface area contributed by atoms with E-state index in [2.05, 4.69) is 39.0 Å². The molecule has 0 atom stereocenters. The van der Waals surface area contributed by atoms with Crippen LogP contribution in [0.4, 0.5) is 0 Å². The summed E-state index contributed by atoms with van der Waals surface area (Å²) in [5, 5.41) is 1.96. The van der Waals surface area contributed by atoms with Crippen molar-refractivity contribution >= 4 is 5.91 Å². The van der Waals surface area contributed by atoms with Gasteiger partial charge in [-0.3, -0.25) is 4.79 Å². The molecule has 1 aromatic rings. The largest absolute Gasteiger partial charge is 0.340 e. The third-order valence-corrected chi connectivity index (χ3v) is 5.09. The van der Waals surface area contributed by atoms with E-state index in [0.717, 1.165) is 31.5 Å². The summed E-state index contributed by atoms with van der Waals surface area (Å²) in [5.41, 5.74) is 3.45. The van der Waals surface area contributed by atoms with Gasteiger partial charge in [-0.2, -0.15) is 5.06 Å². The standard InChI is InChI=1S/C18H28N2O2/c1-14-6-7-15(2)16(12-14)13-17(21)19(4)18(3)8-10-20(22-5)11-9-18/h6-7,12H,8-11,13H2,1-5H3. The third-order valence-electron chi connectivity index (χ3n) is 5.09. The smallest absolute Gasteiger partial charge is 0.227 e. The Labute approximate surface area is 134 Å². The molecule has 4 nitrogen and oxygen atoms in total. The molecule has 0 saturated carbocycles. The minimum Gasteiger partial charge on any atom is -0.340 e. The van der Waals surface area contributed by atoms with Crippen LogP contribution in [0.3, 0.4) is 0 Å². The average molecular weight is 304 g/mol. The lowest BCUT2D eigenvalue weighted by Gasteiger charge is -2.44. The molecule has 1 fully saturated rings. The first kappa shape index (κ1) is 17.0. The van der Waals surface area contributed by atoms with Gasteiger partial charge in [-0.05, 0) is 44.7 Å². The molecule has 0 bridgehead atoms. The molecule has 22 heavy (non-hydrogen) atoms. The predicted molar refractivity (Wildman–Crippen MR) is 88.6 cm³/mol. The maximum absolute atomic E-state index is 12.7. The number of aryl methyl sites for hydroxylation is 2. The molecular weight excluding hydrogens is 276 g/mol. The SMILES string of the molecule is CON1CCC(C)(N(C)C(=O)Cc2cc(C)ccc2C)CC1. The van der Waals surface area contributed by atoms with Gasteiger partial charge < -0.3 is 9.74 Å². The summed E-state index contributed by atoms with van der Waals surface area (Å²) in [4.78, 5) is 19.9. The van der Waals surface area contributed by atoms with Crippen molar-refractivity contribution in [3.63, 3.8) is 0 Å². The van der Waals surface area contributed by atoms with Crippen molar-refractivity contribution in [1.29, 1.82) is 0 Å². The molecule has 0 spiro atoms. The molecule has 0 aromatic heterocycles. The molecule has 1 aromatic carbocycles. The van der Waals surface area contributed by atoms with Crippen LogP contribution in [0.2, 0.25) is 0 Å². The molecule has 1 aliphatic rings. The van der Waals surface area contributed by atoms with E-state index >= 15 is 0 Å². The van der Waals surface area contributed by atoms with E-state index in [9.17, 15) is 4.79 Å². The van der Waals surface area contributed by atoms with Gasteiger partial charge in [0.25, 0.3) is 0 Å². The first-order valence-corrected chi connectivity index (χ1v) is 7.97. The Morgan fingerprint density at radius 2 is 1.95 bits per heavy atom. The summed E-state index contributed by atoms with van der Waals surface area (Å²) >= 11 is 0. The number of likely N-dealkylation sites (N-methyl/N-ethyl adjacent to an activating group) is 1. The summed E-state index contributed by atoms with van der Waals surface area (Å²) in [6, 6.07) is 6.31. The Morgan fingerprint density at radius 3 is 2.55 bits per heavy atom. The van der Waals surface area contributed by atoms with Crippen molar-refractivity contribution in [2.75, 3.05) is 27.2 Å². The Hall–Kier alpha value is -1.39. The van der Waals surface area contributed by atoms with Crippen LogP contribution in [0, 0.1) is 13.8 Å². The van der Waals surface area contributed by atoms with E-state index in [1.807, 2.05) is 17.0 Å². The monoisotopic (exact) mass is 304 g/mol. The van der Waals surface area contributed by atoms with Crippen molar-refractivity contribution in [1.82, 2.24) is 9.96 Å². The number of hydroxylamine groups is 2. The van der Waals surface area contributed by atoms with Gasteiger partial charge in [0.2, 0.25) is 5.91 Å². The lowest BCUT2D eigenvalue weighted by Crippen LogP contribution is -2.54. The fraction of sp³-hybridized carbons (Fsp3) is 0.611. The minimum atomic E-state index is -0.0795. The molecule has 0 aliphatic carbocycles. The number of rotatable bonds is 4. The van der Waals surface area contributed by atoms with Crippen molar-refractivity contribution in [2.24, 2.45) is 0 Å². The third kappa shape index (κ3) is 3.68. The molecule has 1 aliphatic heterocycles. The van der Waals surface area contributed by atoms with Crippen LogP contribution in [-0.4, -0.2) is 48.7 Å². The Bertz CT molecular complexity index is 534. The molecular formula is C18H28N2O2. The Balaban J connectivity index is 2.04. The zero-order valence-corrected chi connectivity index (χ0v) is 14.5. The summed E-state index contributed by atoms with van der Waals surface area (Å²) in [5.74, 6) is 0.196. The first-order chi connectivity index (χ1) is 10.4. The van der Waals surface area contributed by atoms with Gasteiger partial charge in [0, 0.05) is 25.7 Å². The van der Waals surface area contributed by atoms with E-state index in [-0.39, 0.29) is 11.4 Å². The van der Waals surface area contributed by atoms with Gasteiger partial charge >= 0.3 is 0 Å². The minimum absolute atomic E-state index is 0.0795. The van der Waals surface area contributed by atoms with Crippen LogP contribution in [0.25, 0.3) is 0 Å². The van der Waals surface area contributed by atoms with E-state index in [1.54, 1.807) is 7.11 Å². The maximum Gasteiger partial charge on any atom is 0.227 e. The Morgan fingerprint density at radius 1 is 1.32 bits per heavy atom. The number of carbonyl (C=O) groups excluding carboxylic acids is 1. The summed E-state index contributed by atoms with van der Waals surface area (Å²) in [6.07, 6.45) is 2.36. The van der Waals surface area contributed by atoms with Crippen LogP contribution < -0.4 is 0 Å². The molecule has 2 rings (SSSR count). The van der Waals surface area contributed by atoms with Gasteiger partial charge in [0.1, 0.15) is 0 Å². The highest BCUT2D eigenvalue weighted by molar-refractivity contribution is 5.79. The van der Waals surface area contributed by atoms with E-state index in [0.29, 0.717) is 6.42 Å². The van der Waals surface area contributed by atoms with Gasteiger partial charge in [0.05, 0.1) is 13.5 Å². The van der Waals surface area contributed by atoms with E-state index in [1.165, 1.54) is 11.1 Å². The molecule has 122 valence electrons. The van der Waals surface area contributed by atoms with Crippen molar-refractivity contribution in [2.45, 2.75) is 45.6 Å². The molecule has 4 heteroatoms. The fourth-order valence-corrected chi connectivity index (χ4v) is 3.06. The van der Waals surface area contributed by atoms with E-state index in [4.69, 9.17) is 4.84 Å². The second kappa shape index (κ2) is 6.80. The first-order valence-electron chi connectivity index (χ1n) is 7.97. The van der Waals surface area contributed by atoms with Gasteiger partial charge in [-0.25, -0.2) is 0 Å². The number of piperidine rings is 1. The van der Waals surface area contributed by atoms with Gasteiger partial charge in [-0.15, -0.1) is 0 Å². The van der Waals surface area contributed by atoms with Crippen molar-refractivity contribution in [3.8, 4) is 0 Å². The van der Waals surface area contributed by atoms with Crippen LogP contribution in [0.1, 0.15) is 36.5 Å². The predicted octanol–water partition coefficient (Wildman–Crippen LogP) is 2.72. The van der Waals surface area contributed by atoms with Gasteiger partial charge in [-0.1, -0.05) is 23.8 Å². The number of hydrogen-bond donors (Lipinski definition) is 0. The highest BCUT2D eigenvalue weighted by Crippen LogP contribution is 2.28. The molecule has 0 N–H and O–H groups in total. The lowest BCUT2D eigenvalue weighted by molar-refractivity contribution is -0.165. The lowest BCUT2D eigenvalue weighted by atomic mass is 9.88. The van der Waals surface area contributed by atoms with Crippen LogP contribution in [-0.2, 0) is 16.1 Å². The summed E-state index contributed by atoms with van der Waals surface area (Å²) < 4.78 is 0. The Kier molecular flexibility index (Phi) is 5.24. The molecule has 0 unspecified atom stereocenters. The topological polar surface area (TPSA) is 32.8 Å². The highest BCUT2D eigenvalue weighted by Gasteiger charge is 2.36. The molecule has 1 saturated heterocycles. The second-order valence-electron chi connectivity index (χ2n) is 6.67. The number of amides is 1. The van der Waals surface area contributed by atoms with E-state index < -0.39 is 0 Å². The number of nitrogens with zero attached hydrogens (tertiary/aromatic N) is 2. The molecule has 0 radical (unpaired) electrons. The fourth-order valence-electron chi connectivity index (χ4n) is 3.06. The average Bonchev–Trinajstić information content (AvgIpc) is 2.51. The number of carbonyl (C=O) groups is 1. The van der Waals surface area contributed by atoms with Gasteiger partial charge in [0.15, 0.2) is 0 Å². The summed E-state index contributed by atoms with van der Waals surface area (Å²) in [6.45, 7) is 8.06. The number of benzene rings is 1. The highest BCUT2D eigenvalue weighted by atomic mass is 16.7. The number of hydrogen-bond acceptors (Lipinski definition) is 3. The molecule has 1 heterocycles. The van der Waals surface area contributed by atoms with Crippen molar-refractivity contribution in [3.05, 3.63) is 34.9 Å². The van der Waals surface area contributed by atoms with Crippen molar-refractivity contribution < 1.29 is 9.63 Å². The van der Waals surface area contributed by atoms with Crippen LogP contribution in [0.5, 0.6) is 0 Å². The summed E-state index contributed by atoms with van der Waals surface area (Å²) in [7, 11) is 3.65. The zero-order valence-electron chi connectivity index (χ0n) is 14.5. The van der Waals surface area contributed by atoms with Crippen LogP contribution >= 0.6 is 0 Å². The van der Waals surface area contributed by atoms with Crippen LogP contribution in [0.15, 0.2) is 18.2 Å². The zero-order chi connectivity index (χ0) is 16.3. The quantitative estimate of drug-likeness (QED) is 0.857.